The molecule has 0 aliphatic heterocycles. The van der Waals surface area contributed by atoms with Crippen molar-refractivity contribution in [3.63, 3.8) is 0 Å². The molecular formula is C14H22O2. The first-order valence-electron chi connectivity index (χ1n) is 5.84. The van der Waals surface area contributed by atoms with Crippen LogP contribution in [0.1, 0.15) is 41.0 Å². The number of ketones is 1. The van der Waals surface area contributed by atoms with Crippen molar-refractivity contribution in [3.05, 3.63) is 23.3 Å². The summed E-state index contributed by atoms with van der Waals surface area (Å²) in [6.45, 7) is 10.00. The van der Waals surface area contributed by atoms with E-state index in [4.69, 9.17) is 0 Å². The minimum Gasteiger partial charge on any atom is -0.389 e. The van der Waals surface area contributed by atoms with Gasteiger partial charge in [0.1, 0.15) is 0 Å². The van der Waals surface area contributed by atoms with Crippen molar-refractivity contribution >= 4 is 5.78 Å². The summed E-state index contributed by atoms with van der Waals surface area (Å²) in [7, 11) is 0. The highest BCUT2D eigenvalue weighted by molar-refractivity contribution is 5.87. The average molecular weight is 222 g/mol. The van der Waals surface area contributed by atoms with Gasteiger partial charge in [-0.05, 0) is 48.8 Å². The van der Waals surface area contributed by atoms with E-state index in [9.17, 15) is 9.90 Å². The zero-order valence-corrected chi connectivity index (χ0v) is 10.9. The summed E-state index contributed by atoms with van der Waals surface area (Å²) in [4.78, 5) is 11.0. The molecule has 0 aromatic carbocycles. The van der Waals surface area contributed by atoms with Gasteiger partial charge in [0, 0.05) is 0 Å². The minimum atomic E-state index is -0.366. The van der Waals surface area contributed by atoms with Gasteiger partial charge in [-0.1, -0.05) is 26.8 Å². The van der Waals surface area contributed by atoms with Crippen LogP contribution in [-0.2, 0) is 4.79 Å². The summed E-state index contributed by atoms with van der Waals surface area (Å²) < 4.78 is 0. The van der Waals surface area contributed by atoms with Crippen molar-refractivity contribution in [1.29, 1.82) is 0 Å². The quantitative estimate of drug-likeness (QED) is 0.729. The van der Waals surface area contributed by atoms with Crippen LogP contribution >= 0.6 is 0 Å². The first kappa shape index (κ1) is 13.2. The molecular weight excluding hydrogens is 200 g/mol. The molecule has 0 fully saturated rings. The average Bonchev–Trinajstić information content (AvgIpc) is 2.14. The Morgan fingerprint density at radius 2 is 2.06 bits per heavy atom. The lowest BCUT2D eigenvalue weighted by Gasteiger charge is -2.41. The van der Waals surface area contributed by atoms with E-state index in [2.05, 4.69) is 20.8 Å². The molecule has 0 bridgehead atoms. The van der Waals surface area contributed by atoms with Crippen LogP contribution in [0.2, 0.25) is 0 Å². The zero-order valence-electron chi connectivity index (χ0n) is 10.9. The van der Waals surface area contributed by atoms with E-state index >= 15 is 0 Å². The Hall–Kier alpha value is -0.890. The molecule has 1 rings (SSSR count). The van der Waals surface area contributed by atoms with Gasteiger partial charge in [0.25, 0.3) is 0 Å². The summed E-state index contributed by atoms with van der Waals surface area (Å²) >= 11 is 0. The highest BCUT2D eigenvalue weighted by Gasteiger charge is 2.36. The van der Waals surface area contributed by atoms with Gasteiger partial charge in [0.2, 0.25) is 0 Å². The lowest BCUT2D eigenvalue weighted by atomic mass is 9.65. The predicted molar refractivity (Wildman–Crippen MR) is 66.1 cm³/mol. The molecule has 0 saturated heterocycles. The molecule has 2 unspecified atom stereocenters. The van der Waals surface area contributed by atoms with Crippen LogP contribution in [0, 0.1) is 11.3 Å². The maximum Gasteiger partial charge on any atom is 0.152 e. The molecule has 2 nitrogen and oxygen atoms in total. The van der Waals surface area contributed by atoms with Gasteiger partial charge in [0.05, 0.1) is 6.10 Å². The second-order valence-corrected chi connectivity index (χ2v) is 5.41. The Balaban J connectivity index is 3.16. The van der Waals surface area contributed by atoms with Crippen molar-refractivity contribution < 1.29 is 9.90 Å². The molecule has 0 aromatic rings. The number of rotatable bonds is 2. The molecule has 0 aromatic heterocycles. The highest BCUT2D eigenvalue weighted by Crippen LogP contribution is 2.44. The van der Waals surface area contributed by atoms with E-state index in [-0.39, 0.29) is 17.3 Å². The number of carbonyl (C=O) groups excluding carboxylic acids is 1. The fraction of sp³-hybridized carbons (Fsp3) is 0.643. The van der Waals surface area contributed by atoms with E-state index in [0.717, 1.165) is 17.6 Å². The van der Waals surface area contributed by atoms with Gasteiger partial charge < -0.3 is 5.11 Å². The maximum atomic E-state index is 11.0. The van der Waals surface area contributed by atoms with E-state index in [1.54, 1.807) is 13.0 Å². The molecule has 0 heterocycles. The smallest absolute Gasteiger partial charge is 0.152 e. The molecule has 0 amide bonds. The van der Waals surface area contributed by atoms with Gasteiger partial charge >= 0.3 is 0 Å². The summed E-state index contributed by atoms with van der Waals surface area (Å²) in [5.74, 6) is 0.460. The predicted octanol–water partition coefficient (Wildman–Crippen LogP) is 2.88. The van der Waals surface area contributed by atoms with E-state index in [1.165, 1.54) is 0 Å². The summed E-state index contributed by atoms with van der Waals surface area (Å²) in [5.41, 5.74) is 2.13. The van der Waals surface area contributed by atoms with Crippen molar-refractivity contribution in [2.45, 2.75) is 47.1 Å². The first-order valence-corrected chi connectivity index (χ1v) is 5.84. The molecule has 0 spiro atoms. The number of hydrogen-bond donors (Lipinski definition) is 1. The number of aliphatic hydroxyl groups excluding tert-OH is 1. The lowest BCUT2D eigenvalue weighted by molar-refractivity contribution is -0.112. The second kappa shape index (κ2) is 4.54. The van der Waals surface area contributed by atoms with Crippen LogP contribution in [-0.4, -0.2) is 17.0 Å². The van der Waals surface area contributed by atoms with Gasteiger partial charge in [-0.3, -0.25) is 4.79 Å². The number of aliphatic hydroxyl groups is 1. The van der Waals surface area contributed by atoms with Crippen molar-refractivity contribution in [2.24, 2.45) is 11.3 Å². The standard InChI is InChI=1S/C14H22O2/c1-9-8-13(16)11(3)12(14(9,4)5)7-6-10(2)15/h6-7,9,13,16H,8H2,1-5H3/b7-6+. The third-order valence-corrected chi connectivity index (χ3v) is 3.91. The van der Waals surface area contributed by atoms with Crippen LogP contribution in [0.4, 0.5) is 0 Å². The minimum absolute atomic E-state index is 0.0231. The van der Waals surface area contributed by atoms with Crippen molar-refractivity contribution in [2.75, 3.05) is 0 Å². The largest absolute Gasteiger partial charge is 0.389 e. The first-order chi connectivity index (χ1) is 7.26. The van der Waals surface area contributed by atoms with E-state index in [0.29, 0.717) is 5.92 Å². The normalized spacial score (nSPS) is 29.9. The number of hydrogen-bond acceptors (Lipinski definition) is 2. The fourth-order valence-corrected chi connectivity index (χ4v) is 2.31. The maximum absolute atomic E-state index is 11.0. The SMILES string of the molecule is CC(=O)/C=C/C1=C(C)C(O)CC(C)C1(C)C. The number of carbonyl (C=O) groups is 1. The molecule has 0 saturated carbocycles. The van der Waals surface area contributed by atoms with Gasteiger partial charge in [-0.2, -0.15) is 0 Å². The van der Waals surface area contributed by atoms with Gasteiger partial charge in [-0.25, -0.2) is 0 Å². The van der Waals surface area contributed by atoms with Crippen LogP contribution in [0.3, 0.4) is 0 Å². The molecule has 1 aliphatic carbocycles. The van der Waals surface area contributed by atoms with E-state index in [1.807, 2.05) is 13.0 Å². The fourth-order valence-electron chi connectivity index (χ4n) is 2.31. The van der Waals surface area contributed by atoms with Gasteiger partial charge in [-0.15, -0.1) is 0 Å². The lowest BCUT2D eigenvalue weighted by Crippen LogP contribution is -2.34. The summed E-state index contributed by atoms with van der Waals surface area (Å²) in [6, 6.07) is 0. The molecule has 2 atom stereocenters. The molecule has 16 heavy (non-hydrogen) atoms. The van der Waals surface area contributed by atoms with Crippen molar-refractivity contribution in [3.8, 4) is 0 Å². The van der Waals surface area contributed by atoms with E-state index < -0.39 is 0 Å². The Kier molecular flexibility index (Phi) is 3.74. The van der Waals surface area contributed by atoms with Gasteiger partial charge in [0.15, 0.2) is 5.78 Å². The van der Waals surface area contributed by atoms with Crippen LogP contribution in [0.15, 0.2) is 23.3 Å². The molecule has 1 aliphatic rings. The zero-order chi connectivity index (χ0) is 12.5. The molecule has 2 heteroatoms. The van der Waals surface area contributed by atoms with Crippen LogP contribution < -0.4 is 0 Å². The molecule has 0 radical (unpaired) electrons. The summed E-state index contributed by atoms with van der Waals surface area (Å²) in [6.07, 6.45) is 3.90. The Morgan fingerprint density at radius 3 is 2.56 bits per heavy atom. The van der Waals surface area contributed by atoms with Crippen LogP contribution in [0.5, 0.6) is 0 Å². The number of allylic oxidation sites excluding steroid dienone is 3. The second-order valence-electron chi connectivity index (χ2n) is 5.41. The summed E-state index contributed by atoms with van der Waals surface area (Å²) in [5, 5.41) is 9.94. The molecule has 90 valence electrons. The Labute approximate surface area is 98.1 Å². The van der Waals surface area contributed by atoms with Crippen molar-refractivity contribution in [1.82, 2.24) is 0 Å². The Morgan fingerprint density at radius 1 is 1.50 bits per heavy atom. The third-order valence-electron chi connectivity index (χ3n) is 3.91. The highest BCUT2D eigenvalue weighted by atomic mass is 16.3. The monoisotopic (exact) mass is 222 g/mol. The third kappa shape index (κ3) is 2.43. The Bertz CT molecular complexity index is 348. The molecule has 1 N–H and O–H groups in total. The topological polar surface area (TPSA) is 37.3 Å². The van der Waals surface area contributed by atoms with Crippen LogP contribution in [0.25, 0.3) is 0 Å².